The molecule has 1 aliphatic heterocycles. The molecule has 38 heavy (non-hydrogen) atoms. The van der Waals surface area contributed by atoms with E-state index in [1.165, 1.54) is 17.0 Å². The number of aliphatic hydroxyl groups is 1. The van der Waals surface area contributed by atoms with Gasteiger partial charge in [-0.25, -0.2) is 0 Å². The first kappa shape index (κ1) is 24.8. The van der Waals surface area contributed by atoms with Crippen LogP contribution >= 0.6 is 0 Å². The molecular formula is C31H26N2O5. The lowest BCUT2D eigenvalue weighted by atomic mass is 9.94. The maximum Gasteiger partial charge on any atom is 0.296 e. The molecule has 1 fully saturated rings. The van der Waals surface area contributed by atoms with Gasteiger partial charge in [0.1, 0.15) is 23.9 Å². The molecule has 7 heteroatoms. The molecule has 2 heterocycles. The minimum Gasteiger partial charge on any atom is -0.508 e. The van der Waals surface area contributed by atoms with Crippen molar-refractivity contribution < 1.29 is 24.5 Å². The first-order chi connectivity index (χ1) is 18.4. The fourth-order valence-electron chi connectivity index (χ4n) is 4.56. The summed E-state index contributed by atoms with van der Waals surface area (Å²) < 4.78 is 5.95. The monoisotopic (exact) mass is 506 g/mol. The molecule has 1 amide bonds. The van der Waals surface area contributed by atoms with Crippen LogP contribution in [0.25, 0.3) is 5.76 Å². The zero-order valence-electron chi connectivity index (χ0n) is 20.7. The van der Waals surface area contributed by atoms with E-state index < -0.39 is 17.7 Å². The predicted octanol–water partition coefficient (Wildman–Crippen LogP) is 5.30. The highest BCUT2D eigenvalue weighted by atomic mass is 16.5. The van der Waals surface area contributed by atoms with E-state index in [0.717, 1.165) is 11.1 Å². The second kappa shape index (κ2) is 10.6. The fraction of sp³-hybridized carbons (Fsp3) is 0.129. The number of aliphatic hydroxyl groups excluding tert-OH is 1. The summed E-state index contributed by atoms with van der Waals surface area (Å²) >= 11 is 0. The van der Waals surface area contributed by atoms with Crippen LogP contribution in [0.2, 0.25) is 0 Å². The standard InChI is InChI=1S/C31H26N2O5/c1-20-17-23(12-15-26(20)38-19-21-7-3-2-4-8-21)29(35)27-28(22-10-13-25(34)14-11-22)33(31(37)30(27)36)18-24-9-5-6-16-32-24/h2-17,28,34-35H,18-19H2,1H3/b29-27-. The number of carbonyl (C=O) groups excluding carboxylic acids is 2. The van der Waals surface area contributed by atoms with Gasteiger partial charge in [0.15, 0.2) is 0 Å². The summed E-state index contributed by atoms with van der Waals surface area (Å²) in [6, 6.07) is 25.7. The van der Waals surface area contributed by atoms with Gasteiger partial charge in [-0.05, 0) is 66.1 Å². The molecule has 5 rings (SSSR count). The molecule has 1 atom stereocenters. The first-order valence-corrected chi connectivity index (χ1v) is 12.2. The van der Waals surface area contributed by atoms with Gasteiger partial charge < -0.3 is 19.8 Å². The zero-order chi connectivity index (χ0) is 26.6. The highest BCUT2D eigenvalue weighted by molar-refractivity contribution is 6.46. The molecule has 4 aromatic rings. The van der Waals surface area contributed by atoms with Crippen LogP contribution < -0.4 is 4.74 Å². The van der Waals surface area contributed by atoms with Gasteiger partial charge in [0.25, 0.3) is 11.7 Å². The molecule has 0 bridgehead atoms. The third kappa shape index (κ3) is 4.99. The van der Waals surface area contributed by atoms with Gasteiger partial charge in [0.2, 0.25) is 0 Å². The van der Waals surface area contributed by atoms with Gasteiger partial charge in [-0.15, -0.1) is 0 Å². The van der Waals surface area contributed by atoms with Crippen LogP contribution in [-0.2, 0) is 22.7 Å². The number of likely N-dealkylation sites (tertiary alicyclic amines) is 1. The van der Waals surface area contributed by atoms with E-state index in [0.29, 0.717) is 29.2 Å². The number of nitrogens with zero attached hydrogens (tertiary/aromatic N) is 2. The third-order valence-corrected chi connectivity index (χ3v) is 6.49. The predicted molar refractivity (Wildman–Crippen MR) is 142 cm³/mol. The van der Waals surface area contributed by atoms with E-state index in [1.807, 2.05) is 37.3 Å². The Balaban J connectivity index is 1.51. The highest BCUT2D eigenvalue weighted by Gasteiger charge is 2.46. The topological polar surface area (TPSA) is 100.0 Å². The van der Waals surface area contributed by atoms with Crippen molar-refractivity contribution in [1.29, 1.82) is 0 Å². The summed E-state index contributed by atoms with van der Waals surface area (Å²) in [5.41, 5.74) is 3.37. The third-order valence-electron chi connectivity index (χ3n) is 6.49. The molecule has 0 saturated carbocycles. The molecule has 1 aliphatic rings. The van der Waals surface area contributed by atoms with Crippen LogP contribution in [0.3, 0.4) is 0 Å². The van der Waals surface area contributed by atoms with Crippen molar-refractivity contribution >= 4 is 17.4 Å². The van der Waals surface area contributed by atoms with Gasteiger partial charge in [-0.3, -0.25) is 14.6 Å². The second-order valence-corrected chi connectivity index (χ2v) is 9.09. The number of ketones is 1. The molecular weight excluding hydrogens is 480 g/mol. The smallest absolute Gasteiger partial charge is 0.296 e. The first-order valence-electron chi connectivity index (χ1n) is 12.2. The number of phenols is 1. The summed E-state index contributed by atoms with van der Waals surface area (Å²) in [5, 5.41) is 21.2. The van der Waals surface area contributed by atoms with Gasteiger partial charge in [0, 0.05) is 11.8 Å². The van der Waals surface area contributed by atoms with E-state index in [-0.39, 0.29) is 23.6 Å². The maximum atomic E-state index is 13.3. The van der Waals surface area contributed by atoms with Crippen LogP contribution in [0.1, 0.15) is 34.0 Å². The average molecular weight is 507 g/mol. The Bertz CT molecular complexity index is 1500. The molecule has 0 aliphatic carbocycles. The zero-order valence-corrected chi connectivity index (χ0v) is 20.7. The van der Waals surface area contributed by atoms with Crippen LogP contribution in [0.15, 0.2) is 103 Å². The molecule has 1 unspecified atom stereocenters. The summed E-state index contributed by atoms with van der Waals surface area (Å²) in [5.74, 6) is -1.08. The Hall–Kier alpha value is -4.91. The SMILES string of the molecule is Cc1cc(/C(O)=C2/C(=O)C(=O)N(Cc3ccccn3)C2c2ccc(O)cc2)ccc1OCc1ccccc1. The van der Waals surface area contributed by atoms with E-state index in [1.54, 1.807) is 54.7 Å². The van der Waals surface area contributed by atoms with Crippen molar-refractivity contribution in [2.24, 2.45) is 0 Å². The number of hydrogen-bond acceptors (Lipinski definition) is 6. The van der Waals surface area contributed by atoms with Crippen LogP contribution in [-0.4, -0.2) is 31.8 Å². The molecule has 3 aromatic carbocycles. The van der Waals surface area contributed by atoms with E-state index in [9.17, 15) is 19.8 Å². The number of Topliss-reactive ketones (excluding diaryl/α,β-unsaturated/α-hetero) is 1. The number of benzene rings is 3. The van der Waals surface area contributed by atoms with Gasteiger partial charge in [0.05, 0.1) is 23.9 Å². The lowest BCUT2D eigenvalue weighted by molar-refractivity contribution is -0.140. The van der Waals surface area contributed by atoms with Gasteiger partial charge >= 0.3 is 0 Å². The van der Waals surface area contributed by atoms with E-state index >= 15 is 0 Å². The summed E-state index contributed by atoms with van der Waals surface area (Å²) in [6.07, 6.45) is 1.62. The number of amides is 1. The number of aromatic nitrogens is 1. The van der Waals surface area contributed by atoms with Gasteiger partial charge in [-0.2, -0.15) is 0 Å². The Labute approximate surface area is 220 Å². The lowest BCUT2D eigenvalue weighted by Gasteiger charge is -2.25. The molecule has 190 valence electrons. The molecule has 0 spiro atoms. The maximum absolute atomic E-state index is 13.3. The number of rotatable bonds is 7. The number of aryl methyl sites for hydroxylation is 1. The van der Waals surface area contributed by atoms with Gasteiger partial charge in [-0.1, -0.05) is 48.5 Å². The summed E-state index contributed by atoms with van der Waals surface area (Å²) in [4.78, 5) is 32.2. The second-order valence-electron chi connectivity index (χ2n) is 9.09. The highest BCUT2D eigenvalue weighted by Crippen LogP contribution is 2.41. The van der Waals surface area contributed by atoms with Crippen molar-refractivity contribution in [1.82, 2.24) is 9.88 Å². The minimum absolute atomic E-state index is 0.0195. The minimum atomic E-state index is -0.855. The van der Waals surface area contributed by atoms with Crippen LogP contribution in [0.5, 0.6) is 11.5 Å². The van der Waals surface area contributed by atoms with E-state index in [2.05, 4.69) is 4.98 Å². The van der Waals surface area contributed by atoms with E-state index in [4.69, 9.17) is 4.74 Å². The van der Waals surface area contributed by atoms with Crippen molar-refractivity contribution in [3.63, 3.8) is 0 Å². The van der Waals surface area contributed by atoms with Crippen LogP contribution in [0, 0.1) is 6.92 Å². The number of pyridine rings is 1. The fourth-order valence-corrected chi connectivity index (χ4v) is 4.56. The van der Waals surface area contributed by atoms with Crippen molar-refractivity contribution in [3.8, 4) is 11.5 Å². The quantitative estimate of drug-likeness (QED) is 0.201. The molecule has 2 N–H and O–H groups in total. The Morgan fingerprint density at radius 1 is 0.947 bits per heavy atom. The molecule has 1 saturated heterocycles. The lowest BCUT2D eigenvalue weighted by Crippen LogP contribution is -2.29. The van der Waals surface area contributed by atoms with Crippen molar-refractivity contribution in [2.45, 2.75) is 26.1 Å². The van der Waals surface area contributed by atoms with Crippen molar-refractivity contribution in [3.05, 3.63) is 131 Å². The number of carbonyl (C=O) groups is 2. The molecule has 0 radical (unpaired) electrons. The largest absolute Gasteiger partial charge is 0.508 e. The Morgan fingerprint density at radius 2 is 1.68 bits per heavy atom. The summed E-state index contributed by atoms with van der Waals surface area (Å²) in [7, 11) is 0. The Morgan fingerprint density at radius 3 is 2.37 bits per heavy atom. The number of hydrogen-bond donors (Lipinski definition) is 2. The normalized spacial score (nSPS) is 16.6. The van der Waals surface area contributed by atoms with Crippen molar-refractivity contribution in [2.75, 3.05) is 0 Å². The Kier molecular flexibility index (Phi) is 6.91. The summed E-state index contributed by atoms with van der Waals surface area (Å²) in [6.45, 7) is 2.33. The molecule has 7 nitrogen and oxygen atoms in total. The molecule has 1 aromatic heterocycles. The number of aromatic hydroxyl groups is 1. The van der Waals surface area contributed by atoms with Crippen LogP contribution in [0.4, 0.5) is 0 Å². The average Bonchev–Trinajstić information content (AvgIpc) is 3.18. The number of ether oxygens (including phenoxy) is 1. The number of phenolic OH excluding ortho intramolecular Hbond substituents is 1.